The van der Waals surface area contributed by atoms with Crippen LogP contribution in [0.1, 0.15) is 0 Å². The molecule has 0 bridgehead atoms. The average molecular weight is 236 g/mol. The number of nitrogens with one attached hydrogen (secondary N) is 2. The first kappa shape index (κ1) is 13.0. The van der Waals surface area contributed by atoms with E-state index in [4.69, 9.17) is 0 Å². The summed E-state index contributed by atoms with van der Waals surface area (Å²) in [6.45, 7) is -1.99. The molecule has 0 rings (SSSR count). The lowest BCUT2D eigenvalue weighted by molar-refractivity contribution is -0.152. The third kappa shape index (κ3) is 6.48. The van der Waals surface area contributed by atoms with Gasteiger partial charge in [-0.25, -0.2) is 13.7 Å². The van der Waals surface area contributed by atoms with Crippen molar-refractivity contribution in [1.29, 1.82) is 0 Å². The van der Waals surface area contributed by atoms with Crippen molar-refractivity contribution in [2.45, 2.75) is 6.18 Å². The van der Waals surface area contributed by atoms with Crippen molar-refractivity contribution in [3.63, 3.8) is 0 Å². The molecule has 0 saturated heterocycles. The van der Waals surface area contributed by atoms with Crippen LogP contribution in [0.15, 0.2) is 0 Å². The molecule has 0 aliphatic rings. The number of halogens is 3. The van der Waals surface area contributed by atoms with E-state index < -0.39 is 29.1 Å². The van der Waals surface area contributed by atoms with Gasteiger partial charge in [-0.3, -0.25) is 0 Å². The first-order valence-electron chi connectivity index (χ1n) is 3.12. The first-order valence-corrected chi connectivity index (χ1v) is 4.53. The zero-order chi connectivity index (χ0) is 11.4. The Balaban J connectivity index is 4.17. The van der Waals surface area contributed by atoms with Crippen LogP contribution in [0.25, 0.3) is 0 Å². The largest absolute Gasteiger partial charge is 0.413 e. The highest BCUT2D eigenvalue weighted by molar-refractivity contribution is 7.85. The van der Waals surface area contributed by atoms with Gasteiger partial charge in [0.25, 0.3) is 0 Å². The number of amides is 2. The van der Waals surface area contributed by atoms with E-state index in [0.717, 1.165) is 7.05 Å². The number of urea groups is 1. The van der Waals surface area contributed by atoms with Crippen molar-refractivity contribution < 1.29 is 30.6 Å². The van der Waals surface area contributed by atoms with Crippen LogP contribution in [-0.2, 0) is 14.5 Å². The maximum absolute atomic E-state index is 11.5. The first-order chi connectivity index (χ1) is 6.16. The number of hydrogen-bond donors (Lipinski definition) is 2. The van der Waals surface area contributed by atoms with Gasteiger partial charge in [-0.2, -0.15) is 21.6 Å². The molecule has 0 unspecified atom stereocenters. The van der Waals surface area contributed by atoms with Crippen LogP contribution in [0, 0.1) is 0 Å². The van der Waals surface area contributed by atoms with E-state index in [1.54, 1.807) is 0 Å². The van der Waals surface area contributed by atoms with Crippen molar-refractivity contribution in [1.82, 2.24) is 10.0 Å². The van der Waals surface area contributed by atoms with Crippen molar-refractivity contribution in [3.8, 4) is 0 Å². The van der Waals surface area contributed by atoms with E-state index in [9.17, 15) is 26.4 Å². The van der Waals surface area contributed by atoms with Crippen molar-refractivity contribution >= 4 is 16.3 Å². The summed E-state index contributed by atoms with van der Waals surface area (Å²) in [7, 11) is -3.62. The number of carbonyl (C=O) groups is 1. The van der Waals surface area contributed by atoms with E-state index in [1.165, 1.54) is 4.72 Å². The Labute approximate surface area is 77.7 Å². The molecule has 0 aliphatic carbocycles. The average Bonchev–Trinajstić information content (AvgIpc) is 1.99. The quantitative estimate of drug-likeness (QED) is 0.707. The SMILES string of the molecule is CNC(=O)NS(=O)(=O)OCC(F)(F)F. The van der Waals surface area contributed by atoms with Gasteiger partial charge in [-0.05, 0) is 0 Å². The van der Waals surface area contributed by atoms with Crippen LogP contribution in [0.5, 0.6) is 0 Å². The third-order valence-electron chi connectivity index (χ3n) is 0.822. The van der Waals surface area contributed by atoms with E-state index in [-0.39, 0.29) is 0 Å². The van der Waals surface area contributed by atoms with E-state index >= 15 is 0 Å². The number of rotatable bonds is 3. The summed E-state index contributed by atoms with van der Waals surface area (Å²) in [6.07, 6.45) is -4.78. The van der Waals surface area contributed by atoms with Crippen LogP contribution < -0.4 is 10.0 Å². The van der Waals surface area contributed by atoms with Gasteiger partial charge in [-0.15, -0.1) is 0 Å². The lowest BCUT2D eigenvalue weighted by Gasteiger charge is -2.08. The Hall–Kier alpha value is -1.03. The van der Waals surface area contributed by atoms with Crippen LogP contribution in [0.3, 0.4) is 0 Å². The van der Waals surface area contributed by atoms with Crippen molar-refractivity contribution in [2.75, 3.05) is 13.7 Å². The molecule has 2 amide bonds. The Kier molecular flexibility index (Phi) is 4.13. The number of alkyl halides is 3. The van der Waals surface area contributed by atoms with Gasteiger partial charge in [0.1, 0.15) is 0 Å². The minimum Gasteiger partial charge on any atom is -0.340 e. The molecule has 0 spiro atoms. The maximum atomic E-state index is 11.5. The van der Waals surface area contributed by atoms with Crippen molar-refractivity contribution in [3.05, 3.63) is 0 Å². The van der Waals surface area contributed by atoms with Crippen LogP contribution in [-0.4, -0.2) is 34.3 Å². The van der Waals surface area contributed by atoms with E-state index in [0.29, 0.717) is 0 Å². The molecule has 6 nitrogen and oxygen atoms in total. The third-order valence-corrected chi connectivity index (χ3v) is 1.69. The van der Waals surface area contributed by atoms with Crippen LogP contribution >= 0.6 is 0 Å². The normalized spacial score (nSPS) is 12.3. The van der Waals surface area contributed by atoms with Gasteiger partial charge in [0, 0.05) is 7.05 Å². The van der Waals surface area contributed by atoms with E-state index in [2.05, 4.69) is 4.18 Å². The Morgan fingerprint density at radius 2 is 1.93 bits per heavy atom. The molecule has 0 aromatic heterocycles. The lowest BCUT2D eigenvalue weighted by atomic mass is 10.7. The summed E-state index contributed by atoms with van der Waals surface area (Å²) in [5.41, 5.74) is 0. The summed E-state index contributed by atoms with van der Waals surface area (Å²) < 4.78 is 60.2. The summed E-state index contributed by atoms with van der Waals surface area (Å²) in [5, 5.41) is 1.83. The predicted octanol–water partition coefficient (Wildman–Crippen LogP) is -0.261. The second-order valence-electron chi connectivity index (χ2n) is 2.01. The molecule has 10 heteroatoms. The summed E-state index contributed by atoms with van der Waals surface area (Å²) in [6, 6.07) is -1.19. The van der Waals surface area contributed by atoms with Gasteiger partial charge in [-0.1, -0.05) is 0 Å². The van der Waals surface area contributed by atoms with Gasteiger partial charge < -0.3 is 5.32 Å². The topological polar surface area (TPSA) is 84.5 Å². The highest BCUT2D eigenvalue weighted by Gasteiger charge is 2.31. The molecule has 0 atom stereocenters. The van der Waals surface area contributed by atoms with E-state index in [1.807, 2.05) is 5.32 Å². The molecular formula is C4H7F3N2O4S. The van der Waals surface area contributed by atoms with Crippen LogP contribution in [0.4, 0.5) is 18.0 Å². The molecule has 0 saturated carbocycles. The monoisotopic (exact) mass is 236 g/mol. The second kappa shape index (κ2) is 4.46. The molecule has 2 N–H and O–H groups in total. The zero-order valence-electron chi connectivity index (χ0n) is 6.88. The van der Waals surface area contributed by atoms with Gasteiger partial charge in [0.05, 0.1) is 0 Å². The molecule has 0 aliphatic heterocycles. The standard InChI is InChI=1S/C4H7F3N2O4S/c1-8-3(10)9-14(11,12)13-2-4(5,6)7/h2H2,1H3,(H2,8,9,10). The van der Waals surface area contributed by atoms with Crippen molar-refractivity contribution in [2.24, 2.45) is 0 Å². The molecule has 0 fully saturated rings. The second-order valence-corrected chi connectivity index (χ2v) is 3.36. The zero-order valence-corrected chi connectivity index (χ0v) is 7.70. The smallest absolute Gasteiger partial charge is 0.340 e. The Bertz CT molecular complexity index is 298. The highest BCUT2D eigenvalue weighted by Crippen LogP contribution is 2.15. The summed E-state index contributed by atoms with van der Waals surface area (Å²) >= 11 is 0. The number of carbonyl (C=O) groups excluding carboxylic acids is 1. The molecule has 14 heavy (non-hydrogen) atoms. The van der Waals surface area contributed by atoms with Gasteiger partial charge in [0.15, 0.2) is 6.61 Å². The van der Waals surface area contributed by atoms with Gasteiger partial charge in [0.2, 0.25) is 0 Å². The molecule has 0 radical (unpaired) electrons. The molecule has 84 valence electrons. The minimum absolute atomic E-state index is 1.09. The predicted molar refractivity (Wildman–Crippen MR) is 38.5 cm³/mol. The summed E-state index contributed by atoms with van der Waals surface area (Å²) in [5.74, 6) is 0. The fourth-order valence-corrected chi connectivity index (χ4v) is 1.02. The molecule has 0 aromatic rings. The van der Waals surface area contributed by atoms with Gasteiger partial charge >= 0.3 is 22.5 Å². The Morgan fingerprint density at radius 1 is 1.43 bits per heavy atom. The van der Waals surface area contributed by atoms with Crippen LogP contribution in [0.2, 0.25) is 0 Å². The minimum atomic E-state index is -4.78. The summed E-state index contributed by atoms with van der Waals surface area (Å²) in [4.78, 5) is 10.4. The maximum Gasteiger partial charge on any atom is 0.413 e. The highest BCUT2D eigenvalue weighted by atomic mass is 32.2. The molecular weight excluding hydrogens is 229 g/mol. The molecule has 0 heterocycles. The fraction of sp³-hybridized carbons (Fsp3) is 0.750. The number of hydrogen-bond acceptors (Lipinski definition) is 4. The Morgan fingerprint density at radius 3 is 2.29 bits per heavy atom. The molecule has 0 aromatic carbocycles. The lowest BCUT2D eigenvalue weighted by Crippen LogP contribution is -2.39. The fourth-order valence-electron chi connectivity index (χ4n) is 0.338.